The summed E-state index contributed by atoms with van der Waals surface area (Å²) in [5, 5.41) is 0. The number of hydrogen-bond acceptors (Lipinski definition) is 1. The van der Waals surface area contributed by atoms with E-state index in [1.165, 1.54) is 11.6 Å². The van der Waals surface area contributed by atoms with Crippen LogP contribution in [0.4, 0.5) is 4.39 Å². The number of rotatable bonds is 1. The van der Waals surface area contributed by atoms with E-state index in [1.54, 1.807) is 6.07 Å². The molecule has 1 heterocycles. The van der Waals surface area contributed by atoms with Crippen molar-refractivity contribution in [3.05, 3.63) is 40.1 Å². The smallest absolute Gasteiger partial charge is 0.137 e. The van der Waals surface area contributed by atoms with Crippen LogP contribution in [0.15, 0.2) is 28.7 Å². The van der Waals surface area contributed by atoms with Crippen LogP contribution in [0.1, 0.15) is 12.0 Å². The van der Waals surface area contributed by atoms with Gasteiger partial charge in [-0.05, 0) is 45.6 Å². The van der Waals surface area contributed by atoms with Crippen molar-refractivity contribution in [1.82, 2.24) is 0 Å². The number of hydrogen-bond donors (Lipinski definition) is 0. The minimum absolute atomic E-state index is 0.221. The van der Waals surface area contributed by atoms with Crippen LogP contribution in [0.25, 0.3) is 5.57 Å². The molecule has 14 heavy (non-hydrogen) atoms. The third-order valence-electron chi connectivity index (χ3n) is 2.25. The van der Waals surface area contributed by atoms with Crippen molar-refractivity contribution in [2.45, 2.75) is 6.42 Å². The zero-order valence-electron chi connectivity index (χ0n) is 7.59. The van der Waals surface area contributed by atoms with E-state index in [2.05, 4.69) is 15.9 Å². The van der Waals surface area contributed by atoms with Crippen LogP contribution < -0.4 is 0 Å². The molecule has 3 heteroatoms. The van der Waals surface area contributed by atoms with Gasteiger partial charge in [-0.2, -0.15) is 0 Å². The average Bonchev–Trinajstić information content (AvgIpc) is 2.23. The van der Waals surface area contributed by atoms with Gasteiger partial charge in [-0.15, -0.1) is 0 Å². The first kappa shape index (κ1) is 9.87. The highest BCUT2D eigenvalue weighted by Gasteiger charge is 2.08. The van der Waals surface area contributed by atoms with Gasteiger partial charge in [-0.1, -0.05) is 12.1 Å². The van der Waals surface area contributed by atoms with Gasteiger partial charge in [-0.25, -0.2) is 4.39 Å². The van der Waals surface area contributed by atoms with E-state index in [0.717, 1.165) is 18.6 Å². The zero-order chi connectivity index (χ0) is 9.97. The highest BCUT2D eigenvalue weighted by atomic mass is 79.9. The van der Waals surface area contributed by atoms with Gasteiger partial charge in [0, 0.05) is 0 Å². The molecule has 0 saturated carbocycles. The quantitative estimate of drug-likeness (QED) is 0.749. The summed E-state index contributed by atoms with van der Waals surface area (Å²) >= 11 is 3.18. The van der Waals surface area contributed by atoms with Gasteiger partial charge >= 0.3 is 0 Å². The van der Waals surface area contributed by atoms with Crippen LogP contribution in [0.2, 0.25) is 0 Å². The van der Waals surface area contributed by atoms with Gasteiger partial charge in [0.05, 0.1) is 17.7 Å². The number of benzene rings is 1. The Hall–Kier alpha value is -0.670. The van der Waals surface area contributed by atoms with Gasteiger partial charge in [0.15, 0.2) is 0 Å². The fraction of sp³-hybridized carbons (Fsp3) is 0.273. The molecule has 0 spiro atoms. The Morgan fingerprint density at radius 2 is 2.21 bits per heavy atom. The Labute approximate surface area is 90.7 Å². The Balaban J connectivity index is 2.32. The Morgan fingerprint density at radius 1 is 1.36 bits per heavy atom. The van der Waals surface area contributed by atoms with Crippen molar-refractivity contribution >= 4 is 21.5 Å². The molecular weight excluding hydrogens is 247 g/mol. The second-order valence-electron chi connectivity index (χ2n) is 3.18. The lowest BCUT2D eigenvalue weighted by Crippen LogP contribution is -2.03. The summed E-state index contributed by atoms with van der Waals surface area (Å²) in [7, 11) is 0. The lowest BCUT2D eigenvalue weighted by atomic mass is 10.0. The highest BCUT2D eigenvalue weighted by Crippen LogP contribution is 2.25. The first-order valence-electron chi connectivity index (χ1n) is 4.49. The summed E-state index contributed by atoms with van der Waals surface area (Å²) in [6.45, 7) is 1.41. The Bertz CT molecular complexity index is 374. The average molecular weight is 257 g/mol. The Morgan fingerprint density at radius 3 is 2.86 bits per heavy atom. The summed E-state index contributed by atoms with van der Waals surface area (Å²) in [4.78, 5) is 0. The van der Waals surface area contributed by atoms with Crippen molar-refractivity contribution in [2.75, 3.05) is 13.2 Å². The molecule has 0 aliphatic carbocycles. The zero-order valence-corrected chi connectivity index (χ0v) is 9.18. The van der Waals surface area contributed by atoms with E-state index < -0.39 is 0 Å². The van der Waals surface area contributed by atoms with Crippen molar-refractivity contribution in [2.24, 2.45) is 0 Å². The SMILES string of the molecule is Fc1ccc(C2=CCOCC2)cc1Br. The highest BCUT2D eigenvalue weighted by molar-refractivity contribution is 9.10. The van der Waals surface area contributed by atoms with E-state index in [4.69, 9.17) is 4.74 Å². The normalized spacial score (nSPS) is 16.6. The minimum Gasteiger partial charge on any atom is -0.377 e. The van der Waals surface area contributed by atoms with Gasteiger partial charge in [0.25, 0.3) is 0 Å². The van der Waals surface area contributed by atoms with Crippen LogP contribution in [-0.2, 0) is 4.74 Å². The maximum atomic E-state index is 13.0. The molecule has 74 valence electrons. The summed E-state index contributed by atoms with van der Waals surface area (Å²) in [5.74, 6) is -0.221. The molecule has 0 radical (unpaired) electrons. The molecule has 0 bridgehead atoms. The van der Waals surface area contributed by atoms with Crippen molar-refractivity contribution < 1.29 is 9.13 Å². The molecule has 0 fully saturated rings. The largest absolute Gasteiger partial charge is 0.377 e. The van der Waals surface area contributed by atoms with E-state index in [1.807, 2.05) is 12.1 Å². The van der Waals surface area contributed by atoms with E-state index in [0.29, 0.717) is 11.1 Å². The lowest BCUT2D eigenvalue weighted by Gasteiger charge is -2.13. The fourth-order valence-electron chi connectivity index (χ4n) is 1.49. The van der Waals surface area contributed by atoms with Gasteiger partial charge in [0.1, 0.15) is 5.82 Å². The molecule has 0 atom stereocenters. The predicted octanol–water partition coefficient (Wildman–Crippen LogP) is 3.39. The topological polar surface area (TPSA) is 9.23 Å². The molecule has 1 aromatic rings. The molecule has 1 aliphatic rings. The second kappa shape index (κ2) is 4.24. The predicted molar refractivity (Wildman–Crippen MR) is 57.5 cm³/mol. The van der Waals surface area contributed by atoms with Crippen LogP contribution in [0, 0.1) is 5.82 Å². The fourth-order valence-corrected chi connectivity index (χ4v) is 1.86. The molecule has 1 aliphatic heterocycles. The maximum absolute atomic E-state index is 13.0. The summed E-state index contributed by atoms with van der Waals surface area (Å²) in [5.41, 5.74) is 2.30. The monoisotopic (exact) mass is 256 g/mol. The molecule has 2 rings (SSSR count). The number of ether oxygens (including phenoxy) is 1. The maximum Gasteiger partial charge on any atom is 0.137 e. The van der Waals surface area contributed by atoms with Crippen molar-refractivity contribution in [1.29, 1.82) is 0 Å². The van der Waals surface area contributed by atoms with Gasteiger partial charge in [0.2, 0.25) is 0 Å². The molecule has 0 saturated heterocycles. The molecule has 0 N–H and O–H groups in total. The Kier molecular flexibility index (Phi) is 2.99. The van der Waals surface area contributed by atoms with E-state index in [-0.39, 0.29) is 5.82 Å². The first-order valence-corrected chi connectivity index (χ1v) is 5.29. The third kappa shape index (κ3) is 2.04. The standard InChI is InChI=1S/C11H10BrFO/c12-10-7-9(1-2-11(10)13)8-3-5-14-6-4-8/h1-3,7H,4-6H2. The number of halogens is 2. The van der Waals surface area contributed by atoms with Crippen LogP contribution in [0.3, 0.4) is 0 Å². The third-order valence-corrected chi connectivity index (χ3v) is 2.86. The van der Waals surface area contributed by atoms with E-state index in [9.17, 15) is 4.39 Å². The minimum atomic E-state index is -0.221. The molecular formula is C11H10BrFO. The second-order valence-corrected chi connectivity index (χ2v) is 4.04. The molecule has 0 aromatic heterocycles. The van der Waals surface area contributed by atoms with Crippen molar-refractivity contribution in [3.8, 4) is 0 Å². The van der Waals surface area contributed by atoms with Crippen LogP contribution >= 0.6 is 15.9 Å². The molecule has 0 unspecified atom stereocenters. The molecule has 1 aromatic carbocycles. The molecule has 0 amide bonds. The van der Waals surface area contributed by atoms with Crippen LogP contribution in [0.5, 0.6) is 0 Å². The van der Waals surface area contributed by atoms with Crippen LogP contribution in [-0.4, -0.2) is 13.2 Å². The van der Waals surface area contributed by atoms with Gasteiger partial charge < -0.3 is 4.74 Å². The lowest BCUT2D eigenvalue weighted by molar-refractivity contribution is 0.161. The summed E-state index contributed by atoms with van der Waals surface area (Å²) in [6, 6.07) is 5.10. The molecule has 1 nitrogen and oxygen atoms in total. The van der Waals surface area contributed by atoms with Crippen molar-refractivity contribution in [3.63, 3.8) is 0 Å². The summed E-state index contributed by atoms with van der Waals surface area (Å²) in [6.07, 6.45) is 2.95. The van der Waals surface area contributed by atoms with Gasteiger partial charge in [-0.3, -0.25) is 0 Å². The first-order chi connectivity index (χ1) is 6.77. The van der Waals surface area contributed by atoms with E-state index >= 15 is 0 Å². The summed E-state index contributed by atoms with van der Waals surface area (Å²) < 4.78 is 18.7.